The normalized spacial score (nSPS) is 22.6. The van der Waals surface area contributed by atoms with Crippen LogP contribution in [0.4, 0.5) is 8.78 Å². The summed E-state index contributed by atoms with van der Waals surface area (Å²) in [6.07, 6.45) is 3.12. The van der Waals surface area contributed by atoms with Crippen molar-refractivity contribution in [1.82, 2.24) is 9.78 Å². The van der Waals surface area contributed by atoms with E-state index in [0.29, 0.717) is 17.5 Å². The Hall–Kier alpha value is -2.24. The van der Waals surface area contributed by atoms with Gasteiger partial charge >= 0.3 is 0 Å². The third kappa shape index (κ3) is 1.65. The number of nitrogens with two attached hydrogens (primary N) is 1. The smallest absolute Gasteiger partial charge is 0.151 e. The fourth-order valence-corrected chi connectivity index (χ4v) is 3.77. The Morgan fingerprint density at radius 2 is 2.05 bits per heavy atom. The molecule has 4 rings (SSSR count). The molecule has 0 spiro atoms. The van der Waals surface area contributed by atoms with E-state index in [9.17, 15) is 8.78 Å². The molecule has 1 aromatic heterocycles. The second kappa shape index (κ2) is 4.13. The minimum Gasteiger partial charge on any atom is -0.382 e. The lowest BCUT2D eigenvalue weighted by atomic mass is 9.95. The van der Waals surface area contributed by atoms with Crippen LogP contribution in [0.1, 0.15) is 48.0 Å². The van der Waals surface area contributed by atoms with Crippen LogP contribution < -0.4 is 5.73 Å². The molecule has 3 N–H and O–H groups in total. The Balaban J connectivity index is 1.97. The zero-order valence-electron chi connectivity index (χ0n) is 11.2. The monoisotopic (exact) mass is 288 g/mol. The first-order valence-corrected chi connectivity index (χ1v) is 6.99. The van der Waals surface area contributed by atoms with Gasteiger partial charge in [-0.15, -0.1) is 0 Å². The highest BCUT2D eigenvalue weighted by atomic mass is 19.1. The molecule has 1 saturated carbocycles. The summed E-state index contributed by atoms with van der Waals surface area (Å²) in [5, 5.41) is 12.0. The van der Waals surface area contributed by atoms with Gasteiger partial charge in [-0.3, -0.25) is 5.41 Å². The van der Waals surface area contributed by atoms with Crippen molar-refractivity contribution in [3.8, 4) is 5.69 Å². The van der Waals surface area contributed by atoms with Gasteiger partial charge in [-0.1, -0.05) is 0 Å². The van der Waals surface area contributed by atoms with Crippen LogP contribution in [-0.2, 0) is 0 Å². The Morgan fingerprint density at radius 3 is 2.76 bits per heavy atom. The van der Waals surface area contributed by atoms with E-state index in [2.05, 4.69) is 5.10 Å². The van der Waals surface area contributed by atoms with Crippen LogP contribution in [0.3, 0.4) is 0 Å². The SMILES string of the molecule is N=C(N)c1nn(-c2ccc(F)cc2F)c2c1C1CCC2C1. The minimum atomic E-state index is -0.654. The van der Waals surface area contributed by atoms with Gasteiger partial charge < -0.3 is 5.73 Å². The van der Waals surface area contributed by atoms with Crippen LogP contribution in [-0.4, -0.2) is 15.6 Å². The maximum atomic E-state index is 14.1. The van der Waals surface area contributed by atoms with Crippen molar-refractivity contribution >= 4 is 5.84 Å². The number of aromatic nitrogens is 2. The number of rotatable bonds is 2. The molecule has 108 valence electrons. The molecule has 2 aromatic rings. The zero-order valence-corrected chi connectivity index (χ0v) is 11.2. The number of halogens is 2. The van der Waals surface area contributed by atoms with Crippen LogP contribution in [0.15, 0.2) is 18.2 Å². The summed E-state index contributed by atoms with van der Waals surface area (Å²) >= 11 is 0. The average Bonchev–Trinajstić information content (AvgIpc) is 3.09. The zero-order chi connectivity index (χ0) is 14.7. The molecule has 0 saturated heterocycles. The summed E-state index contributed by atoms with van der Waals surface area (Å²) in [6, 6.07) is 3.45. The highest BCUT2D eigenvalue weighted by Crippen LogP contribution is 2.54. The first-order valence-electron chi connectivity index (χ1n) is 6.99. The van der Waals surface area contributed by atoms with E-state index in [1.54, 1.807) is 0 Å². The predicted molar refractivity (Wildman–Crippen MR) is 73.8 cm³/mol. The third-order valence-corrected chi connectivity index (χ3v) is 4.58. The third-order valence-electron chi connectivity index (χ3n) is 4.58. The Bertz CT molecular complexity index is 765. The van der Waals surface area contributed by atoms with Gasteiger partial charge in [0.1, 0.15) is 23.0 Å². The number of nitrogens with one attached hydrogen (secondary N) is 1. The number of benzene rings is 1. The number of fused-ring (bicyclic) bond motifs is 5. The highest BCUT2D eigenvalue weighted by molar-refractivity contribution is 5.95. The van der Waals surface area contributed by atoms with E-state index in [4.69, 9.17) is 11.1 Å². The van der Waals surface area contributed by atoms with E-state index < -0.39 is 11.6 Å². The van der Waals surface area contributed by atoms with E-state index in [1.807, 2.05) is 0 Å². The van der Waals surface area contributed by atoms with Gasteiger partial charge in [-0.05, 0) is 37.3 Å². The summed E-state index contributed by atoms with van der Waals surface area (Å²) in [6.45, 7) is 0. The largest absolute Gasteiger partial charge is 0.382 e. The van der Waals surface area contributed by atoms with Crippen molar-refractivity contribution in [3.63, 3.8) is 0 Å². The van der Waals surface area contributed by atoms with Gasteiger partial charge in [0.25, 0.3) is 0 Å². The van der Waals surface area contributed by atoms with Gasteiger partial charge in [0.05, 0.1) is 5.69 Å². The fourth-order valence-electron chi connectivity index (χ4n) is 3.77. The summed E-state index contributed by atoms with van der Waals surface area (Å²) in [5.74, 6) is -0.678. The Labute approximate surface area is 120 Å². The predicted octanol–water partition coefficient (Wildman–Crippen LogP) is 2.80. The molecule has 1 heterocycles. The lowest BCUT2D eigenvalue weighted by Gasteiger charge is -2.14. The van der Waals surface area contributed by atoms with Crippen LogP contribution in [0.25, 0.3) is 5.69 Å². The maximum Gasteiger partial charge on any atom is 0.151 e. The fraction of sp³-hybridized carbons (Fsp3) is 0.333. The number of nitrogens with zero attached hydrogens (tertiary/aromatic N) is 2. The molecule has 2 atom stereocenters. The molecular weight excluding hydrogens is 274 g/mol. The van der Waals surface area contributed by atoms with E-state index in [-0.39, 0.29) is 11.5 Å². The second-order valence-corrected chi connectivity index (χ2v) is 5.78. The van der Waals surface area contributed by atoms with Gasteiger partial charge in [0.2, 0.25) is 0 Å². The van der Waals surface area contributed by atoms with Crippen molar-refractivity contribution in [2.45, 2.75) is 31.1 Å². The minimum absolute atomic E-state index is 0.0972. The number of nitrogen functional groups attached to an aromatic ring is 1. The maximum absolute atomic E-state index is 14.1. The summed E-state index contributed by atoms with van der Waals surface area (Å²) < 4.78 is 28.7. The number of amidine groups is 1. The molecule has 2 unspecified atom stereocenters. The molecular formula is C15H14F2N4. The van der Waals surface area contributed by atoms with Crippen molar-refractivity contribution in [2.24, 2.45) is 5.73 Å². The average molecular weight is 288 g/mol. The lowest BCUT2D eigenvalue weighted by Crippen LogP contribution is -2.15. The van der Waals surface area contributed by atoms with E-state index in [0.717, 1.165) is 36.6 Å². The molecule has 0 radical (unpaired) electrons. The summed E-state index contributed by atoms with van der Waals surface area (Å²) in [5.41, 5.74) is 8.22. The molecule has 1 aromatic carbocycles. The topological polar surface area (TPSA) is 67.7 Å². The van der Waals surface area contributed by atoms with Crippen LogP contribution in [0, 0.1) is 17.0 Å². The first-order chi connectivity index (χ1) is 10.1. The first kappa shape index (κ1) is 12.5. The highest BCUT2D eigenvalue weighted by Gasteiger charge is 2.43. The van der Waals surface area contributed by atoms with Crippen molar-refractivity contribution in [1.29, 1.82) is 5.41 Å². The Morgan fingerprint density at radius 1 is 1.29 bits per heavy atom. The van der Waals surface area contributed by atoms with Gasteiger partial charge in [-0.2, -0.15) is 5.10 Å². The molecule has 0 aliphatic heterocycles. The molecule has 0 amide bonds. The second-order valence-electron chi connectivity index (χ2n) is 5.78. The standard InChI is InChI=1S/C15H14F2N4/c16-9-3-4-11(10(17)6-9)21-14-8-2-1-7(5-8)12(14)13(20-21)15(18)19/h3-4,6-8H,1-2,5H2,(H3,18,19). The van der Waals surface area contributed by atoms with E-state index in [1.165, 1.54) is 16.8 Å². The van der Waals surface area contributed by atoms with Gasteiger partial charge in [0, 0.05) is 17.5 Å². The summed E-state index contributed by atoms with van der Waals surface area (Å²) in [7, 11) is 0. The number of hydrogen-bond donors (Lipinski definition) is 2. The van der Waals surface area contributed by atoms with Crippen LogP contribution in [0.2, 0.25) is 0 Å². The lowest BCUT2D eigenvalue weighted by molar-refractivity contribution is 0.566. The molecule has 21 heavy (non-hydrogen) atoms. The molecule has 2 aliphatic rings. The van der Waals surface area contributed by atoms with Crippen LogP contribution >= 0.6 is 0 Å². The number of hydrogen-bond acceptors (Lipinski definition) is 2. The molecule has 6 heteroatoms. The molecule has 1 fully saturated rings. The van der Waals surface area contributed by atoms with Gasteiger partial charge in [0.15, 0.2) is 5.82 Å². The van der Waals surface area contributed by atoms with Crippen molar-refractivity contribution in [3.05, 3.63) is 46.8 Å². The quantitative estimate of drug-likeness (QED) is 0.659. The van der Waals surface area contributed by atoms with Crippen molar-refractivity contribution < 1.29 is 8.78 Å². The van der Waals surface area contributed by atoms with Crippen molar-refractivity contribution in [2.75, 3.05) is 0 Å². The molecule has 4 nitrogen and oxygen atoms in total. The Kier molecular flexibility index (Phi) is 2.46. The summed E-state index contributed by atoms with van der Waals surface area (Å²) in [4.78, 5) is 0. The molecule has 2 aliphatic carbocycles. The van der Waals surface area contributed by atoms with E-state index >= 15 is 0 Å². The molecule has 2 bridgehead atoms. The van der Waals surface area contributed by atoms with Gasteiger partial charge in [-0.25, -0.2) is 13.5 Å². The van der Waals surface area contributed by atoms with Crippen LogP contribution in [0.5, 0.6) is 0 Å².